The van der Waals surface area contributed by atoms with Crippen LogP contribution in [-0.4, -0.2) is 12.3 Å². The predicted molar refractivity (Wildman–Crippen MR) is 31.1 cm³/mol. The van der Waals surface area contributed by atoms with Crippen LogP contribution >= 0.6 is 0 Å². The van der Waals surface area contributed by atoms with Crippen molar-refractivity contribution in [1.82, 2.24) is 0 Å². The molecule has 0 aromatic heterocycles. The maximum Gasteiger partial charge on any atom is 0.305 e. The van der Waals surface area contributed by atoms with Gasteiger partial charge in [0.05, 0.1) is 0 Å². The van der Waals surface area contributed by atoms with Gasteiger partial charge in [0.2, 0.25) is 6.29 Å². The topological polar surface area (TPSA) is 46.2 Å². The number of ether oxygens (including phenoxy) is 1. The van der Waals surface area contributed by atoms with Gasteiger partial charge in [0, 0.05) is 13.3 Å². The molecule has 1 atom stereocenters. The highest BCUT2D eigenvalue weighted by Gasteiger charge is 2.05. The van der Waals surface area contributed by atoms with Gasteiger partial charge in [0.1, 0.15) is 0 Å². The smallest absolute Gasteiger partial charge is 0.305 e. The van der Waals surface area contributed by atoms with Gasteiger partial charge in [0.15, 0.2) is 0 Å². The molecule has 0 spiro atoms. The summed E-state index contributed by atoms with van der Waals surface area (Å²) in [6.45, 7) is 3.11. The molecule has 53 valence electrons. The van der Waals surface area contributed by atoms with Crippen LogP contribution in [0.15, 0.2) is 0 Å². The van der Waals surface area contributed by atoms with Crippen LogP contribution in [0.2, 0.25) is 0 Å². The Balaban J connectivity index is 3.26. The van der Waals surface area contributed by atoms with Crippen molar-refractivity contribution in [2.45, 2.75) is 33.0 Å². The van der Waals surface area contributed by atoms with E-state index in [0.29, 0.717) is 6.42 Å². The Kier molecular flexibility index (Phi) is 4.05. The summed E-state index contributed by atoms with van der Waals surface area (Å²) < 4.78 is 4.30. The zero-order valence-corrected chi connectivity index (χ0v) is 5.72. The molecule has 1 unspecified atom stereocenters. The van der Waals surface area contributed by atoms with Crippen LogP contribution in [0, 0.1) is 0 Å². The molecule has 0 saturated heterocycles. The zero-order chi connectivity index (χ0) is 7.28. The van der Waals surface area contributed by atoms with Crippen molar-refractivity contribution in [1.29, 1.82) is 0 Å². The molecular weight excluding hydrogens is 120 g/mol. The van der Waals surface area contributed by atoms with Crippen molar-refractivity contribution in [3.8, 4) is 0 Å². The number of esters is 1. The van der Waals surface area contributed by atoms with Gasteiger partial charge >= 0.3 is 5.97 Å². The second-order valence-corrected chi connectivity index (χ2v) is 1.83. The Morgan fingerprint density at radius 3 is 2.56 bits per heavy atom. The Morgan fingerprint density at radius 2 is 2.22 bits per heavy atom. The third-order valence-electron chi connectivity index (χ3n) is 0.822. The van der Waals surface area contributed by atoms with Crippen molar-refractivity contribution in [2.24, 2.45) is 0 Å². The monoisotopic (exact) mass is 131 g/mol. The lowest BCUT2D eigenvalue weighted by molar-refractivity contribution is -0.177. The number of carbonyl (C=O) groups excluding carboxylic acids is 1. The fourth-order valence-corrected chi connectivity index (χ4v) is 0.480. The third kappa shape index (κ3) is 5.30. The van der Waals surface area contributed by atoms with E-state index in [1.54, 1.807) is 0 Å². The van der Waals surface area contributed by atoms with Crippen LogP contribution in [0.3, 0.4) is 0 Å². The van der Waals surface area contributed by atoms with E-state index in [1.807, 2.05) is 6.92 Å². The summed E-state index contributed by atoms with van der Waals surface area (Å²) in [4.78, 5) is 10.1. The van der Waals surface area contributed by atoms with Crippen LogP contribution in [0.25, 0.3) is 0 Å². The molecule has 0 bridgehead atoms. The fourth-order valence-electron chi connectivity index (χ4n) is 0.480. The highest BCUT2D eigenvalue weighted by molar-refractivity contribution is 5.65. The molecule has 0 saturated carbocycles. The second kappa shape index (κ2) is 4.32. The van der Waals surface area contributed by atoms with E-state index < -0.39 is 12.3 Å². The molecule has 0 amide bonds. The Hall–Kier alpha value is -0.570. The highest BCUT2D eigenvalue weighted by atomic mass is 16.6. The molecule has 0 N–H and O–H groups in total. The second-order valence-electron chi connectivity index (χ2n) is 1.83. The van der Waals surface area contributed by atoms with Gasteiger partial charge in [-0.15, -0.1) is 0 Å². The average molecular weight is 131 g/mol. The van der Waals surface area contributed by atoms with Crippen LogP contribution < -0.4 is 0 Å². The standard InChI is InChI=1S/C6H11O3/c1-3-4-6(8)9-5(2)7/h6H,3-4H2,1-2H3. The lowest BCUT2D eigenvalue weighted by Crippen LogP contribution is -2.12. The van der Waals surface area contributed by atoms with Crippen molar-refractivity contribution in [2.75, 3.05) is 0 Å². The number of hydrogen-bond acceptors (Lipinski definition) is 2. The summed E-state index contributed by atoms with van der Waals surface area (Å²) in [5.74, 6) is -0.497. The first-order valence-corrected chi connectivity index (χ1v) is 3.00. The molecule has 9 heavy (non-hydrogen) atoms. The molecule has 0 aromatic carbocycles. The van der Waals surface area contributed by atoms with Gasteiger partial charge in [-0.1, -0.05) is 13.3 Å². The quantitative estimate of drug-likeness (QED) is 0.425. The van der Waals surface area contributed by atoms with Gasteiger partial charge in [-0.2, -0.15) is 5.11 Å². The Labute approximate surface area is 54.6 Å². The molecule has 3 nitrogen and oxygen atoms in total. The van der Waals surface area contributed by atoms with E-state index in [0.717, 1.165) is 6.42 Å². The van der Waals surface area contributed by atoms with Crippen molar-refractivity contribution in [3.63, 3.8) is 0 Å². The first kappa shape index (κ1) is 8.43. The van der Waals surface area contributed by atoms with E-state index >= 15 is 0 Å². The fraction of sp³-hybridized carbons (Fsp3) is 0.833. The molecule has 0 fully saturated rings. The molecule has 0 heterocycles. The van der Waals surface area contributed by atoms with Crippen LogP contribution in [0.1, 0.15) is 26.7 Å². The zero-order valence-electron chi connectivity index (χ0n) is 5.72. The summed E-state index contributed by atoms with van der Waals surface area (Å²) in [7, 11) is 0. The molecule has 0 aromatic rings. The molecule has 0 aliphatic rings. The van der Waals surface area contributed by atoms with Crippen LogP contribution in [-0.2, 0) is 14.6 Å². The van der Waals surface area contributed by atoms with Crippen LogP contribution in [0.4, 0.5) is 0 Å². The molecule has 0 aliphatic carbocycles. The lowest BCUT2D eigenvalue weighted by atomic mass is 10.3. The summed E-state index contributed by atoms with van der Waals surface area (Å²) in [6, 6.07) is 0. The largest absolute Gasteiger partial charge is 0.433 e. The molecular formula is C6H11O3. The average Bonchev–Trinajstić information content (AvgIpc) is 1.63. The van der Waals surface area contributed by atoms with Gasteiger partial charge in [-0.25, -0.2) is 0 Å². The molecule has 3 heteroatoms. The van der Waals surface area contributed by atoms with E-state index in [-0.39, 0.29) is 0 Å². The number of rotatable bonds is 3. The van der Waals surface area contributed by atoms with Crippen LogP contribution in [0.5, 0.6) is 0 Å². The molecule has 0 rings (SSSR count). The van der Waals surface area contributed by atoms with Crippen molar-refractivity contribution in [3.05, 3.63) is 0 Å². The lowest BCUT2D eigenvalue weighted by Gasteiger charge is -2.04. The van der Waals surface area contributed by atoms with Gasteiger partial charge in [0.25, 0.3) is 0 Å². The van der Waals surface area contributed by atoms with E-state index in [4.69, 9.17) is 0 Å². The van der Waals surface area contributed by atoms with E-state index in [2.05, 4.69) is 4.74 Å². The summed E-state index contributed by atoms with van der Waals surface area (Å²) in [5, 5.41) is 10.5. The normalized spacial score (nSPS) is 12.8. The van der Waals surface area contributed by atoms with Gasteiger partial charge < -0.3 is 4.74 Å². The van der Waals surface area contributed by atoms with E-state index in [9.17, 15) is 9.90 Å². The van der Waals surface area contributed by atoms with E-state index in [1.165, 1.54) is 6.92 Å². The number of carbonyl (C=O) groups is 1. The maximum absolute atomic E-state index is 10.5. The SMILES string of the molecule is CCCC([O])OC(C)=O. The first-order chi connectivity index (χ1) is 4.16. The minimum atomic E-state index is -1.16. The molecule has 0 aliphatic heterocycles. The minimum Gasteiger partial charge on any atom is -0.433 e. The molecule has 1 radical (unpaired) electrons. The number of hydrogen-bond donors (Lipinski definition) is 0. The summed E-state index contributed by atoms with van der Waals surface area (Å²) in [6.07, 6.45) is -0.00593. The maximum atomic E-state index is 10.5. The summed E-state index contributed by atoms with van der Waals surface area (Å²) >= 11 is 0. The van der Waals surface area contributed by atoms with Gasteiger partial charge in [-0.05, 0) is 0 Å². The third-order valence-corrected chi connectivity index (χ3v) is 0.822. The Morgan fingerprint density at radius 1 is 1.67 bits per heavy atom. The minimum absolute atomic E-state index is 0.402. The first-order valence-electron chi connectivity index (χ1n) is 3.00. The highest BCUT2D eigenvalue weighted by Crippen LogP contribution is 1.97. The summed E-state index contributed by atoms with van der Waals surface area (Å²) in [5.41, 5.74) is 0. The van der Waals surface area contributed by atoms with Crippen molar-refractivity contribution >= 4 is 5.97 Å². The predicted octanol–water partition coefficient (Wildman–Crippen LogP) is 1.11. The van der Waals surface area contributed by atoms with Gasteiger partial charge in [-0.3, -0.25) is 4.79 Å². The Bertz CT molecular complexity index is 90.3. The van der Waals surface area contributed by atoms with Crippen molar-refractivity contribution < 1.29 is 14.6 Å².